The number of hydrogen-bond donors (Lipinski definition) is 3. The zero-order chi connectivity index (χ0) is 43.8. The highest BCUT2D eigenvalue weighted by atomic mass is 16.7. The topological polar surface area (TPSA) is 218 Å². The normalized spacial score (nSPS) is 46.3. The average Bonchev–Trinajstić information content (AvgIpc) is 3.12. The Kier molecular flexibility index (Phi) is 11.7. The van der Waals surface area contributed by atoms with Crippen LogP contribution in [0.2, 0.25) is 0 Å². The summed E-state index contributed by atoms with van der Waals surface area (Å²) in [5, 5.41) is 34.3. The molecule has 330 valence electrons. The number of carbonyl (C=O) groups excluding carboxylic acids is 5. The van der Waals surface area contributed by atoms with Gasteiger partial charge in [-0.1, -0.05) is 39.3 Å². The van der Waals surface area contributed by atoms with Gasteiger partial charge in [-0.25, -0.2) is 0 Å². The number of rotatable bonds is 8. The van der Waals surface area contributed by atoms with Crippen LogP contribution >= 0.6 is 0 Å². The summed E-state index contributed by atoms with van der Waals surface area (Å²) in [6.45, 7) is 16.2. The molecule has 0 radical (unpaired) electrons. The van der Waals surface area contributed by atoms with Crippen molar-refractivity contribution < 1.29 is 72.5 Å². The maximum Gasteiger partial charge on any atom is 0.315 e. The molecule has 5 fully saturated rings. The number of aliphatic hydroxyl groups is 2. The molecule has 0 aromatic carbocycles. The number of fused-ring (bicyclic) bond motifs is 7. The van der Waals surface area contributed by atoms with E-state index in [1.54, 1.807) is 13.8 Å². The van der Waals surface area contributed by atoms with E-state index in [4.69, 9.17) is 28.4 Å². The van der Waals surface area contributed by atoms with Crippen LogP contribution in [-0.2, 0) is 57.2 Å². The molecule has 15 nitrogen and oxygen atoms in total. The lowest BCUT2D eigenvalue weighted by molar-refractivity contribution is -0.305. The van der Waals surface area contributed by atoms with Gasteiger partial charge in [0.25, 0.3) is 0 Å². The molecule has 4 saturated carbocycles. The summed E-state index contributed by atoms with van der Waals surface area (Å²) in [5.74, 6) is -5.91. The van der Waals surface area contributed by atoms with Crippen LogP contribution in [-0.4, -0.2) is 100 Å². The summed E-state index contributed by atoms with van der Waals surface area (Å²) in [6, 6.07) is 0. The van der Waals surface area contributed by atoms with Crippen LogP contribution in [0.3, 0.4) is 0 Å². The van der Waals surface area contributed by atoms with E-state index in [0.29, 0.717) is 57.8 Å². The van der Waals surface area contributed by atoms with Gasteiger partial charge in [-0.05, 0) is 106 Å². The van der Waals surface area contributed by atoms with Crippen LogP contribution in [0.15, 0.2) is 11.6 Å². The minimum Gasteiger partial charge on any atom is -0.481 e. The Morgan fingerprint density at radius 3 is 1.95 bits per heavy atom. The number of ether oxygens (including phenoxy) is 6. The molecule has 15 heteroatoms. The number of esters is 5. The van der Waals surface area contributed by atoms with Crippen LogP contribution < -0.4 is 0 Å². The van der Waals surface area contributed by atoms with Crippen molar-refractivity contribution in [1.29, 1.82) is 0 Å². The van der Waals surface area contributed by atoms with Crippen LogP contribution in [0.4, 0.5) is 0 Å². The molecule has 2 unspecified atom stereocenters. The molecule has 59 heavy (non-hydrogen) atoms. The third-order valence-electron chi connectivity index (χ3n) is 16.7. The molecule has 1 heterocycles. The molecule has 1 saturated heterocycles. The highest BCUT2D eigenvalue weighted by Gasteiger charge is 2.73. The first-order valence-corrected chi connectivity index (χ1v) is 21.2. The van der Waals surface area contributed by atoms with Gasteiger partial charge in [0.05, 0.1) is 22.5 Å². The summed E-state index contributed by atoms with van der Waals surface area (Å²) in [4.78, 5) is 77.3. The van der Waals surface area contributed by atoms with E-state index >= 15 is 4.79 Å². The summed E-state index contributed by atoms with van der Waals surface area (Å²) in [5.41, 5.74) is -4.23. The molecule has 5 aliphatic carbocycles. The second-order valence-electron chi connectivity index (χ2n) is 19.7. The fourth-order valence-electron chi connectivity index (χ4n) is 13.3. The monoisotopic (exact) mass is 832 g/mol. The number of aliphatic hydroxyl groups excluding tert-OH is 1. The lowest BCUT2D eigenvalue weighted by atomic mass is 9.33. The standard InChI is InChI=1S/C44H64O15/c1-22-13-18-44(38(52)59-36-34(57-26(5)48)33(56-25(4)47)32(55-24(3)46)28(58-36)21-54-23(2)45)20-19-40(7)27(35(44)43(22,10)53)11-12-29-39(6)16-15-31(49)42(9,37(50)51)30(39)14-17-41(29,40)8/h11,22,28-36,49,53H,12-21H2,1-10H3,(H,50,51)/t22-,28+,29?,30?,31-,32+,33-,34+,35+,36-,39+,40+,41+,42+,43+,44-/m0/s1. The SMILES string of the molecule is CC(=O)OC[C@H]1O[C@@H](OC(=O)[C@]23CC[C@H](C)[C@@](C)(O)[C@H]2C2=CCC4[C@@]5(C)CC[C@H](O)[C@](C)(C(=O)O)C5CC[C@@]4(C)[C@]2(C)CC3)[C@H](OC(C)=O)[C@@H](OC(C)=O)[C@@H]1OC(C)=O. The van der Waals surface area contributed by atoms with E-state index in [-0.39, 0.29) is 23.2 Å². The Morgan fingerprint density at radius 2 is 1.36 bits per heavy atom. The van der Waals surface area contributed by atoms with E-state index in [9.17, 15) is 39.3 Å². The van der Waals surface area contributed by atoms with Gasteiger partial charge in [-0.15, -0.1) is 0 Å². The Labute approximate surface area is 346 Å². The van der Waals surface area contributed by atoms with Gasteiger partial charge in [0, 0.05) is 33.6 Å². The Balaban J connectivity index is 1.41. The summed E-state index contributed by atoms with van der Waals surface area (Å²) in [7, 11) is 0. The molecule has 0 spiro atoms. The first-order valence-electron chi connectivity index (χ1n) is 21.2. The first kappa shape index (κ1) is 45.0. The van der Waals surface area contributed by atoms with Crippen molar-refractivity contribution in [3.05, 3.63) is 11.6 Å². The molecule has 0 amide bonds. The largest absolute Gasteiger partial charge is 0.481 e. The van der Waals surface area contributed by atoms with E-state index in [0.717, 1.165) is 26.3 Å². The summed E-state index contributed by atoms with van der Waals surface area (Å²) < 4.78 is 34.4. The van der Waals surface area contributed by atoms with Crippen molar-refractivity contribution in [2.45, 2.75) is 169 Å². The maximum atomic E-state index is 15.2. The molecule has 0 aromatic heterocycles. The number of aliphatic carboxylic acids is 1. The van der Waals surface area contributed by atoms with E-state index in [1.165, 1.54) is 6.92 Å². The van der Waals surface area contributed by atoms with Crippen molar-refractivity contribution in [1.82, 2.24) is 0 Å². The average molecular weight is 833 g/mol. The van der Waals surface area contributed by atoms with Crippen molar-refractivity contribution in [3.63, 3.8) is 0 Å². The number of carboxylic acid groups (broad SMARTS) is 1. The number of hydrogen-bond acceptors (Lipinski definition) is 14. The zero-order valence-electron chi connectivity index (χ0n) is 36.2. The zero-order valence-corrected chi connectivity index (χ0v) is 36.2. The number of carbonyl (C=O) groups is 6. The van der Waals surface area contributed by atoms with Crippen LogP contribution in [0.5, 0.6) is 0 Å². The van der Waals surface area contributed by atoms with Gasteiger partial charge < -0.3 is 43.7 Å². The first-order chi connectivity index (χ1) is 27.3. The molecular formula is C44H64O15. The highest BCUT2D eigenvalue weighted by molar-refractivity contribution is 5.80. The lowest BCUT2D eigenvalue weighted by Crippen LogP contribution is -2.69. The summed E-state index contributed by atoms with van der Waals surface area (Å²) >= 11 is 0. The molecule has 1 aliphatic heterocycles. The third kappa shape index (κ3) is 6.98. The Morgan fingerprint density at radius 1 is 0.746 bits per heavy atom. The van der Waals surface area contributed by atoms with E-state index < -0.39 is 112 Å². The van der Waals surface area contributed by atoms with Gasteiger partial charge >= 0.3 is 35.8 Å². The van der Waals surface area contributed by atoms with E-state index in [2.05, 4.69) is 26.8 Å². The van der Waals surface area contributed by atoms with Gasteiger partial charge in [0.1, 0.15) is 12.7 Å². The molecule has 0 aromatic rings. The molecular weight excluding hydrogens is 768 g/mol. The smallest absolute Gasteiger partial charge is 0.315 e. The minimum atomic E-state index is -1.71. The molecule has 6 rings (SSSR count). The Bertz CT molecular complexity index is 1770. The fourth-order valence-corrected chi connectivity index (χ4v) is 13.3. The quantitative estimate of drug-likeness (QED) is 0.170. The predicted octanol–water partition coefficient (Wildman–Crippen LogP) is 4.81. The number of carboxylic acids is 1. The summed E-state index contributed by atoms with van der Waals surface area (Å²) in [6.07, 6.45) is -1.60. The van der Waals surface area contributed by atoms with Gasteiger partial charge in [-0.3, -0.25) is 28.8 Å². The van der Waals surface area contributed by atoms with Crippen molar-refractivity contribution in [2.75, 3.05) is 6.61 Å². The van der Waals surface area contributed by atoms with Gasteiger partial charge in [-0.2, -0.15) is 0 Å². The van der Waals surface area contributed by atoms with Crippen molar-refractivity contribution >= 4 is 35.8 Å². The minimum absolute atomic E-state index is 0.0664. The molecule has 16 atom stereocenters. The predicted molar refractivity (Wildman–Crippen MR) is 206 cm³/mol. The molecule has 0 bridgehead atoms. The van der Waals surface area contributed by atoms with Crippen LogP contribution in [0.1, 0.15) is 127 Å². The molecule has 6 aliphatic rings. The maximum absolute atomic E-state index is 15.2. The van der Waals surface area contributed by atoms with Gasteiger partial charge in [0.2, 0.25) is 12.4 Å². The Hall–Kier alpha value is -3.56. The highest BCUT2D eigenvalue weighted by Crippen LogP contribution is 2.76. The number of allylic oxidation sites excluding steroid dienone is 1. The van der Waals surface area contributed by atoms with Crippen LogP contribution in [0.25, 0.3) is 0 Å². The van der Waals surface area contributed by atoms with Crippen molar-refractivity contribution in [2.24, 2.45) is 50.7 Å². The lowest BCUT2D eigenvalue weighted by Gasteiger charge is -2.71. The van der Waals surface area contributed by atoms with Gasteiger partial charge in [0.15, 0.2) is 12.2 Å². The van der Waals surface area contributed by atoms with Crippen LogP contribution in [0, 0.1) is 50.7 Å². The third-order valence-corrected chi connectivity index (χ3v) is 16.7. The van der Waals surface area contributed by atoms with Crippen molar-refractivity contribution in [3.8, 4) is 0 Å². The fraction of sp³-hybridized carbons (Fsp3) is 0.818. The second-order valence-corrected chi connectivity index (χ2v) is 19.7. The van der Waals surface area contributed by atoms with E-state index in [1.807, 2.05) is 6.92 Å². The molecule has 3 N–H and O–H groups in total. The second kappa shape index (κ2) is 15.4.